The molecule has 72 heavy (non-hydrogen) atoms. The van der Waals surface area contributed by atoms with E-state index in [0.29, 0.717) is 90.3 Å². The molecule has 4 saturated heterocycles. The van der Waals surface area contributed by atoms with Gasteiger partial charge >= 0.3 is 6.09 Å². The Balaban J connectivity index is 0.637. The molecule has 6 aliphatic rings. The van der Waals surface area contributed by atoms with Crippen LogP contribution in [0.25, 0.3) is 33.8 Å². The van der Waals surface area contributed by atoms with Crippen LogP contribution in [0.15, 0.2) is 41.4 Å². The Bertz CT molecular complexity index is 2890. The molecule has 9 heterocycles. The normalized spacial score (nSPS) is 20.7. The minimum Gasteiger partial charge on any atom is -0.483 e. The second-order valence-corrected chi connectivity index (χ2v) is 21.7. The first kappa shape index (κ1) is 47.4. The Labute approximate surface area is 417 Å². The van der Waals surface area contributed by atoms with Crippen molar-refractivity contribution in [3.05, 3.63) is 48.2 Å². The first-order valence-corrected chi connectivity index (χ1v) is 25.5. The van der Waals surface area contributed by atoms with Gasteiger partial charge in [-0.2, -0.15) is 5.10 Å². The lowest BCUT2D eigenvalue weighted by molar-refractivity contribution is -0.137. The second kappa shape index (κ2) is 18.6. The molecule has 380 valence electrons. The molecule has 1 aromatic carbocycles. The summed E-state index contributed by atoms with van der Waals surface area (Å²) < 4.78 is 19.4. The summed E-state index contributed by atoms with van der Waals surface area (Å²) in [7, 11) is 0. The van der Waals surface area contributed by atoms with E-state index < -0.39 is 11.6 Å². The molecule has 1 saturated carbocycles. The zero-order chi connectivity index (χ0) is 50.1. The molecule has 5 aliphatic heterocycles. The number of fused-ring (bicyclic) bond motifs is 2. The number of imide groups is 1. The molecule has 5 aromatic rings. The van der Waals surface area contributed by atoms with Crippen molar-refractivity contribution in [1.29, 1.82) is 0 Å². The highest BCUT2D eigenvalue weighted by atomic mass is 16.6. The number of carbonyl (C=O) groups is 4. The molecule has 0 radical (unpaired) electrons. The van der Waals surface area contributed by atoms with Crippen molar-refractivity contribution in [3.8, 4) is 28.5 Å². The maximum atomic E-state index is 13.3. The highest BCUT2D eigenvalue weighted by molar-refractivity contribution is 6.02. The molecule has 4 aromatic heterocycles. The van der Waals surface area contributed by atoms with Crippen LogP contribution in [-0.4, -0.2) is 157 Å². The van der Waals surface area contributed by atoms with Crippen LogP contribution < -0.4 is 25.6 Å². The summed E-state index contributed by atoms with van der Waals surface area (Å²) in [5.74, 6) is 1.87. The average molecular weight is 985 g/mol. The van der Waals surface area contributed by atoms with Crippen molar-refractivity contribution in [2.45, 2.75) is 115 Å². The molecule has 4 amide bonds. The smallest absolute Gasteiger partial charge is 0.410 e. The van der Waals surface area contributed by atoms with Crippen molar-refractivity contribution in [2.24, 2.45) is 5.92 Å². The van der Waals surface area contributed by atoms with E-state index in [0.717, 1.165) is 76.9 Å². The van der Waals surface area contributed by atoms with Gasteiger partial charge in [-0.05, 0) is 103 Å². The van der Waals surface area contributed by atoms with Crippen LogP contribution in [0, 0.1) is 5.92 Å². The van der Waals surface area contributed by atoms with Gasteiger partial charge in [0.15, 0.2) is 29.6 Å². The van der Waals surface area contributed by atoms with Crippen molar-refractivity contribution < 1.29 is 33.2 Å². The topological polar surface area (TPSA) is 236 Å². The van der Waals surface area contributed by atoms with Crippen molar-refractivity contribution in [3.63, 3.8) is 0 Å². The fourth-order valence-electron chi connectivity index (χ4n) is 11.4. The number of nitrogen functional groups attached to an aromatic ring is 1. The molecule has 21 heteroatoms. The molecule has 5 fully saturated rings. The predicted molar refractivity (Wildman–Crippen MR) is 266 cm³/mol. The van der Waals surface area contributed by atoms with Crippen molar-refractivity contribution in [2.75, 3.05) is 81.0 Å². The number of aromatic nitrogens is 7. The molecular formula is C51H64N14O7. The number of hydrogen-bond acceptors (Lipinski definition) is 17. The third-order valence-corrected chi connectivity index (χ3v) is 15.7. The number of nitrogens with two attached hydrogens (primary N) is 1. The van der Waals surface area contributed by atoms with Gasteiger partial charge in [0.1, 0.15) is 35.7 Å². The molecule has 0 bridgehead atoms. The van der Waals surface area contributed by atoms with Gasteiger partial charge in [-0.15, -0.1) is 0 Å². The van der Waals surface area contributed by atoms with Gasteiger partial charge in [0, 0.05) is 75.1 Å². The van der Waals surface area contributed by atoms with Crippen LogP contribution in [-0.2, 0) is 31.1 Å². The number of hydrogen-bond donors (Lipinski definition) is 2. The summed E-state index contributed by atoms with van der Waals surface area (Å²) in [5.41, 5.74) is 11.8. The van der Waals surface area contributed by atoms with Crippen LogP contribution >= 0.6 is 0 Å². The Morgan fingerprint density at radius 1 is 0.847 bits per heavy atom. The van der Waals surface area contributed by atoms with Gasteiger partial charge in [0.2, 0.25) is 11.8 Å². The highest BCUT2D eigenvalue weighted by Crippen LogP contribution is 2.48. The number of ether oxygens (including phenoxy) is 2. The Kier molecular flexibility index (Phi) is 12.3. The van der Waals surface area contributed by atoms with Gasteiger partial charge < -0.3 is 39.3 Å². The molecule has 21 nitrogen and oxygen atoms in total. The molecular weight excluding hydrogens is 921 g/mol. The number of rotatable bonds is 11. The van der Waals surface area contributed by atoms with E-state index in [4.69, 9.17) is 24.8 Å². The monoisotopic (exact) mass is 985 g/mol. The minimum absolute atomic E-state index is 0.0595. The third kappa shape index (κ3) is 8.93. The third-order valence-electron chi connectivity index (χ3n) is 15.7. The largest absolute Gasteiger partial charge is 0.483 e. The number of carbonyl (C=O) groups excluding carboxylic acids is 4. The Hall–Kier alpha value is -6.90. The number of piperidine rings is 2. The second-order valence-electron chi connectivity index (χ2n) is 21.7. The molecule has 1 aliphatic carbocycles. The minimum atomic E-state index is -0.548. The number of likely N-dealkylation sites (tertiary alicyclic amines) is 2. The fourth-order valence-corrected chi connectivity index (χ4v) is 11.4. The number of benzene rings is 1. The summed E-state index contributed by atoms with van der Waals surface area (Å²) in [5, 5.41) is 12.5. The van der Waals surface area contributed by atoms with Gasteiger partial charge in [0.25, 0.3) is 5.91 Å². The molecule has 0 spiro atoms. The summed E-state index contributed by atoms with van der Waals surface area (Å²) in [6.07, 6.45) is 10.3. The summed E-state index contributed by atoms with van der Waals surface area (Å²) in [4.78, 5) is 79.8. The lowest BCUT2D eigenvalue weighted by atomic mass is 9.78. The standard InChI is InChI=1S/C51H64N14O7/c1-50(2,3)65-47-41(45(52)55-29-56-47)42(58-65)43-40(44(72-59-43)30-11-12-30)46-53-24-32(25-54-46)71-33-26-62(27-33)49(69)70-28-39(67)61-18-15-31(16-19-61)51(4,5)63-22-20-60(21-23-63)35-9-6-10-36-34(35)8-7-17-64(36)37-13-14-38(66)57-48(37)68/h6,9-10,24-25,29-31,33,37H,7-8,11-23,26-28H2,1-5H3,(H2,52,55,56)(H,57,66,68). The van der Waals surface area contributed by atoms with Crippen LogP contribution in [0.4, 0.5) is 22.0 Å². The summed E-state index contributed by atoms with van der Waals surface area (Å²) in [6, 6.07) is 6.12. The highest BCUT2D eigenvalue weighted by Gasteiger charge is 2.42. The van der Waals surface area contributed by atoms with Crippen LogP contribution in [0.2, 0.25) is 0 Å². The number of amides is 4. The number of piperazine rings is 1. The Morgan fingerprint density at radius 2 is 1.58 bits per heavy atom. The maximum Gasteiger partial charge on any atom is 0.410 e. The van der Waals surface area contributed by atoms with Gasteiger partial charge in [0.05, 0.1) is 42.0 Å². The number of nitrogens with one attached hydrogen (secondary N) is 1. The molecule has 1 atom stereocenters. The van der Waals surface area contributed by atoms with E-state index in [1.165, 1.54) is 22.5 Å². The molecule has 1 unspecified atom stereocenters. The van der Waals surface area contributed by atoms with Crippen molar-refractivity contribution >= 4 is 52.0 Å². The quantitative estimate of drug-likeness (QED) is 0.170. The SMILES string of the molecule is CC(C)(C1CCN(C(=O)COC(=O)N2CC(Oc3cnc(-c4c(-c5nn(C(C)(C)C)c6ncnc(N)c56)noc4C4CC4)nc3)C2)CC1)N1CCN(c2cccc3c2CCCN3C2CCC(=O)NC2=O)CC1. The number of nitrogens with zero attached hydrogens (tertiary/aromatic N) is 12. The van der Waals surface area contributed by atoms with Crippen molar-refractivity contribution in [1.82, 2.24) is 54.9 Å². The summed E-state index contributed by atoms with van der Waals surface area (Å²) >= 11 is 0. The van der Waals surface area contributed by atoms with E-state index in [1.807, 2.05) is 30.4 Å². The van der Waals surface area contributed by atoms with Gasteiger partial charge in [-0.1, -0.05) is 11.2 Å². The van der Waals surface area contributed by atoms with Crippen LogP contribution in [0.1, 0.15) is 96.8 Å². The van der Waals surface area contributed by atoms with Gasteiger partial charge in [-0.3, -0.25) is 24.6 Å². The lowest BCUT2D eigenvalue weighted by Gasteiger charge is -2.50. The zero-order valence-corrected chi connectivity index (χ0v) is 41.8. The average Bonchev–Trinajstić information content (AvgIpc) is 3.98. The first-order valence-electron chi connectivity index (χ1n) is 25.5. The van der Waals surface area contributed by atoms with E-state index in [2.05, 4.69) is 77.2 Å². The van der Waals surface area contributed by atoms with Gasteiger partial charge in [-0.25, -0.2) is 29.4 Å². The van der Waals surface area contributed by atoms with Crippen LogP contribution in [0.5, 0.6) is 5.75 Å². The number of anilines is 3. The summed E-state index contributed by atoms with van der Waals surface area (Å²) in [6.45, 7) is 16.8. The fraction of sp³-hybridized carbons (Fsp3) is 0.569. The molecule has 11 rings (SSSR count). The zero-order valence-electron chi connectivity index (χ0n) is 41.8. The first-order chi connectivity index (χ1) is 34.6. The van der Waals surface area contributed by atoms with E-state index in [-0.39, 0.29) is 53.7 Å². The Morgan fingerprint density at radius 3 is 2.29 bits per heavy atom. The van der Waals surface area contributed by atoms with E-state index >= 15 is 0 Å². The van der Waals surface area contributed by atoms with Crippen LogP contribution in [0.3, 0.4) is 0 Å². The predicted octanol–water partition coefficient (Wildman–Crippen LogP) is 4.75. The molecule has 3 N–H and O–H groups in total. The van der Waals surface area contributed by atoms with E-state index in [1.54, 1.807) is 12.4 Å². The lowest BCUT2D eigenvalue weighted by Crippen LogP contribution is -2.59. The maximum absolute atomic E-state index is 13.3. The van der Waals surface area contributed by atoms with E-state index in [9.17, 15) is 19.2 Å².